The van der Waals surface area contributed by atoms with Gasteiger partial charge in [0.1, 0.15) is 11.1 Å². The molecule has 2 aromatic heterocycles. The SMILES string of the molecule is Cc1cn2c(=O)c(C(=O)NC3(C(=O)O)CCCCC3)cnc2s1. The molecular weight excluding hydrogens is 318 g/mol. The number of hydrogen-bond acceptors (Lipinski definition) is 5. The molecule has 2 heterocycles. The Labute approximate surface area is 136 Å². The van der Waals surface area contributed by atoms with E-state index in [9.17, 15) is 19.5 Å². The van der Waals surface area contributed by atoms with Crippen molar-refractivity contribution in [1.82, 2.24) is 14.7 Å². The fourth-order valence-electron chi connectivity index (χ4n) is 2.98. The van der Waals surface area contributed by atoms with Crippen LogP contribution in [0.2, 0.25) is 0 Å². The molecule has 1 aliphatic carbocycles. The minimum Gasteiger partial charge on any atom is -0.480 e. The number of nitrogens with zero attached hydrogens (tertiary/aromatic N) is 2. The average molecular weight is 335 g/mol. The average Bonchev–Trinajstić information content (AvgIpc) is 2.89. The Morgan fingerprint density at radius 3 is 2.70 bits per heavy atom. The molecule has 1 amide bonds. The van der Waals surface area contributed by atoms with Crippen LogP contribution in [0.1, 0.15) is 47.3 Å². The molecule has 1 saturated carbocycles. The molecule has 3 rings (SSSR count). The van der Waals surface area contributed by atoms with E-state index in [0.717, 1.165) is 24.1 Å². The van der Waals surface area contributed by atoms with Crippen molar-refractivity contribution in [3.63, 3.8) is 0 Å². The van der Waals surface area contributed by atoms with E-state index >= 15 is 0 Å². The summed E-state index contributed by atoms with van der Waals surface area (Å²) in [5, 5.41) is 12.1. The third kappa shape index (κ3) is 2.74. The molecule has 0 unspecified atom stereocenters. The molecule has 1 aliphatic rings. The molecule has 7 nitrogen and oxygen atoms in total. The highest BCUT2D eigenvalue weighted by Crippen LogP contribution is 2.28. The van der Waals surface area contributed by atoms with Crippen LogP contribution < -0.4 is 10.9 Å². The van der Waals surface area contributed by atoms with Crippen LogP contribution in [0.15, 0.2) is 17.2 Å². The number of nitrogens with one attached hydrogen (secondary N) is 1. The van der Waals surface area contributed by atoms with Crippen molar-refractivity contribution in [2.75, 3.05) is 0 Å². The number of carbonyl (C=O) groups excluding carboxylic acids is 1. The predicted octanol–water partition coefficient (Wildman–Crippen LogP) is 1.58. The van der Waals surface area contributed by atoms with E-state index in [1.54, 1.807) is 6.20 Å². The molecule has 0 spiro atoms. The molecular formula is C15H17N3O4S. The topological polar surface area (TPSA) is 101 Å². The van der Waals surface area contributed by atoms with Crippen LogP contribution in [0.5, 0.6) is 0 Å². The first kappa shape index (κ1) is 15.7. The maximum atomic E-state index is 12.5. The van der Waals surface area contributed by atoms with Crippen molar-refractivity contribution < 1.29 is 14.7 Å². The number of carbonyl (C=O) groups is 2. The number of aliphatic carboxylic acids is 1. The zero-order chi connectivity index (χ0) is 16.6. The van der Waals surface area contributed by atoms with Gasteiger partial charge in [-0.05, 0) is 19.8 Å². The Morgan fingerprint density at radius 1 is 1.35 bits per heavy atom. The minimum atomic E-state index is -1.29. The van der Waals surface area contributed by atoms with E-state index in [4.69, 9.17) is 0 Å². The van der Waals surface area contributed by atoms with Crippen molar-refractivity contribution in [2.45, 2.75) is 44.6 Å². The maximum absolute atomic E-state index is 12.5. The van der Waals surface area contributed by atoms with Crippen molar-refractivity contribution in [3.05, 3.63) is 33.2 Å². The third-order valence-electron chi connectivity index (χ3n) is 4.24. The summed E-state index contributed by atoms with van der Waals surface area (Å²) in [6, 6.07) is 0. The number of amides is 1. The number of fused-ring (bicyclic) bond motifs is 1. The van der Waals surface area contributed by atoms with E-state index < -0.39 is 23.0 Å². The Bertz CT molecular complexity index is 833. The van der Waals surface area contributed by atoms with Gasteiger partial charge in [0, 0.05) is 17.3 Å². The van der Waals surface area contributed by atoms with Crippen LogP contribution in [0.25, 0.3) is 4.96 Å². The van der Waals surface area contributed by atoms with Crippen LogP contribution in [0, 0.1) is 6.92 Å². The molecule has 1 fully saturated rings. The van der Waals surface area contributed by atoms with E-state index in [0.29, 0.717) is 17.8 Å². The summed E-state index contributed by atoms with van der Waals surface area (Å²) in [5.41, 5.74) is -1.90. The van der Waals surface area contributed by atoms with Crippen molar-refractivity contribution in [2.24, 2.45) is 0 Å². The quantitative estimate of drug-likeness (QED) is 0.887. The van der Waals surface area contributed by atoms with Gasteiger partial charge >= 0.3 is 5.97 Å². The first-order chi connectivity index (χ1) is 10.9. The predicted molar refractivity (Wildman–Crippen MR) is 85.0 cm³/mol. The van der Waals surface area contributed by atoms with E-state index in [-0.39, 0.29) is 5.56 Å². The molecule has 2 aromatic rings. The van der Waals surface area contributed by atoms with Crippen LogP contribution in [-0.2, 0) is 4.79 Å². The van der Waals surface area contributed by atoms with Gasteiger partial charge in [0.25, 0.3) is 11.5 Å². The number of thiazole rings is 1. The Balaban J connectivity index is 1.95. The van der Waals surface area contributed by atoms with E-state index in [1.165, 1.54) is 21.9 Å². The molecule has 0 radical (unpaired) electrons. The zero-order valence-corrected chi connectivity index (χ0v) is 13.5. The van der Waals surface area contributed by atoms with Gasteiger partial charge in [-0.3, -0.25) is 14.0 Å². The highest BCUT2D eigenvalue weighted by molar-refractivity contribution is 7.16. The fraction of sp³-hybridized carbons (Fsp3) is 0.467. The lowest BCUT2D eigenvalue weighted by atomic mass is 9.81. The molecule has 0 aromatic carbocycles. The summed E-state index contributed by atoms with van der Waals surface area (Å²) in [4.78, 5) is 42.1. The van der Waals surface area contributed by atoms with Gasteiger partial charge in [0.15, 0.2) is 4.96 Å². The summed E-state index contributed by atoms with van der Waals surface area (Å²) in [6.45, 7) is 1.85. The first-order valence-corrected chi connectivity index (χ1v) is 8.28. The number of aromatic nitrogens is 2. The van der Waals surface area contributed by atoms with Crippen LogP contribution in [-0.4, -0.2) is 31.9 Å². The molecule has 0 aliphatic heterocycles. The normalized spacial score (nSPS) is 17.1. The second-order valence-corrected chi connectivity index (χ2v) is 7.09. The van der Waals surface area contributed by atoms with Crippen LogP contribution in [0.3, 0.4) is 0 Å². The molecule has 2 N–H and O–H groups in total. The standard InChI is InChI=1S/C15H17N3O4S/c1-9-8-18-12(20)10(7-16-14(18)23-9)11(19)17-15(13(21)22)5-3-2-4-6-15/h7-8H,2-6H2,1H3,(H,17,19)(H,21,22). The molecule has 8 heteroatoms. The smallest absolute Gasteiger partial charge is 0.329 e. The Hall–Kier alpha value is -2.22. The Morgan fingerprint density at radius 2 is 2.04 bits per heavy atom. The monoisotopic (exact) mass is 335 g/mol. The van der Waals surface area contributed by atoms with Gasteiger partial charge in [-0.25, -0.2) is 9.78 Å². The molecule has 0 bridgehead atoms. The van der Waals surface area contributed by atoms with Crippen molar-refractivity contribution >= 4 is 28.2 Å². The van der Waals surface area contributed by atoms with Crippen molar-refractivity contribution in [1.29, 1.82) is 0 Å². The highest BCUT2D eigenvalue weighted by Gasteiger charge is 2.41. The number of carboxylic acids is 1. The minimum absolute atomic E-state index is 0.133. The summed E-state index contributed by atoms with van der Waals surface area (Å²) >= 11 is 1.35. The molecule has 0 saturated heterocycles. The zero-order valence-electron chi connectivity index (χ0n) is 12.7. The lowest BCUT2D eigenvalue weighted by molar-refractivity contribution is -0.145. The summed E-state index contributed by atoms with van der Waals surface area (Å²) in [5.74, 6) is -1.73. The second-order valence-electron chi connectivity index (χ2n) is 5.87. The summed E-state index contributed by atoms with van der Waals surface area (Å²) < 4.78 is 1.32. The summed E-state index contributed by atoms with van der Waals surface area (Å²) in [6.07, 6.45) is 6.04. The first-order valence-electron chi connectivity index (χ1n) is 7.47. The molecule has 0 atom stereocenters. The number of rotatable bonds is 3. The number of carboxylic acid groups (broad SMARTS) is 1. The lowest BCUT2D eigenvalue weighted by Crippen LogP contribution is -2.56. The second kappa shape index (κ2) is 5.77. The molecule has 23 heavy (non-hydrogen) atoms. The fourth-order valence-corrected chi connectivity index (χ4v) is 3.77. The van der Waals surface area contributed by atoms with Gasteiger partial charge < -0.3 is 10.4 Å². The van der Waals surface area contributed by atoms with E-state index in [1.807, 2.05) is 6.92 Å². The number of hydrogen-bond donors (Lipinski definition) is 2. The van der Waals surface area contributed by atoms with Gasteiger partial charge in [0.05, 0.1) is 0 Å². The van der Waals surface area contributed by atoms with Crippen molar-refractivity contribution in [3.8, 4) is 0 Å². The van der Waals surface area contributed by atoms with E-state index in [2.05, 4.69) is 10.3 Å². The third-order valence-corrected chi connectivity index (χ3v) is 5.15. The summed E-state index contributed by atoms with van der Waals surface area (Å²) in [7, 11) is 0. The van der Waals surface area contributed by atoms with Gasteiger partial charge in [-0.2, -0.15) is 0 Å². The molecule has 122 valence electrons. The van der Waals surface area contributed by atoms with Crippen LogP contribution >= 0.6 is 11.3 Å². The van der Waals surface area contributed by atoms with Gasteiger partial charge in [-0.1, -0.05) is 19.3 Å². The largest absolute Gasteiger partial charge is 0.480 e. The van der Waals surface area contributed by atoms with Gasteiger partial charge in [0.2, 0.25) is 0 Å². The maximum Gasteiger partial charge on any atom is 0.329 e. The van der Waals surface area contributed by atoms with Crippen LogP contribution in [0.4, 0.5) is 0 Å². The van der Waals surface area contributed by atoms with Gasteiger partial charge in [-0.15, -0.1) is 11.3 Å². The lowest BCUT2D eigenvalue weighted by Gasteiger charge is -2.33. The highest BCUT2D eigenvalue weighted by atomic mass is 32.1. The Kier molecular flexibility index (Phi) is 3.93. The number of aryl methyl sites for hydroxylation is 1.